The molecular formula is C16H16Br3NS. The number of hydrogen-bond acceptors (Lipinski definition) is 2. The van der Waals surface area contributed by atoms with E-state index in [4.69, 9.17) is 0 Å². The molecule has 21 heavy (non-hydrogen) atoms. The molecule has 0 saturated carbocycles. The number of halogens is 3. The third-order valence-corrected chi connectivity index (χ3v) is 5.42. The lowest BCUT2D eigenvalue weighted by Gasteiger charge is -2.24. The largest absolute Gasteiger partial charge is 0.353 e. The zero-order chi connectivity index (χ0) is 14.1. The molecule has 0 radical (unpaired) electrons. The van der Waals surface area contributed by atoms with Crippen molar-refractivity contribution in [1.29, 1.82) is 0 Å². The molecular weight excluding hydrogens is 478 g/mol. The van der Waals surface area contributed by atoms with Crippen LogP contribution >= 0.6 is 60.6 Å². The summed E-state index contributed by atoms with van der Waals surface area (Å²) >= 11 is 9.02. The maximum atomic E-state index is 3.64. The number of benzene rings is 2. The average molecular weight is 494 g/mol. The van der Waals surface area contributed by atoms with Crippen LogP contribution in [0.1, 0.15) is 25.3 Å². The Kier molecular flexibility index (Phi) is 6.24. The van der Waals surface area contributed by atoms with Gasteiger partial charge in [-0.2, -0.15) is 0 Å². The van der Waals surface area contributed by atoms with Crippen molar-refractivity contribution in [2.45, 2.75) is 36.0 Å². The van der Waals surface area contributed by atoms with Gasteiger partial charge >= 0.3 is 0 Å². The molecule has 0 aliphatic carbocycles. The van der Waals surface area contributed by atoms with E-state index in [9.17, 15) is 0 Å². The number of hydrogen-bond donors (Lipinski definition) is 1. The molecule has 3 rings (SSSR count). The van der Waals surface area contributed by atoms with Gasteiger partial charge in [0.2, 0.25) is 0 Å². The molecule has 1 aliphatic heterocycles. The van der Waals surface area contributed by atoms with E-state index >= 15 is 0 Å². The second-order valence-corrected chi connectivity index (χ2v) is 7.82. The molecule has 0 bridgehead atoms. The maximum absolute atomic E-state index is 3.64. The highest BCUT2D eigenvalue weighted by atomic mass is 79.9. The molecule has 1 heterocycles. The van der Waals surface area contributed by atoms with Gasteiger partial charge in [-0.05, 0) is 48.7 Å². The van der Waals surface area contributed by atoms with Gasteiger partial charge in [0.1, 0.15) is 0 Å². The van der Waals surface area contributed by atoms with Gasteiger partial charge in [0.15, 0.2) is 0 Å². The SMILES string of the molecule is Br.CCCCc1cc(Br)cc2c1Nc1ccc(Br)cc1S2. The van der Waals surface area contributed by atoms with Crippen molar-refractivity contribution in [2.75, 3.05) is 5.32 Å². The Morgan fingerprint density at radius 1 is 1.05 bits per heavy atom. The number of unbranched alkanes of at least 4 members (excludes halogenated alkanes) is 1. The van der Waals surface area contributed by atoms with E-state index in [0.717, 1.165) is 15.4 Å². The van der Waals surface area contributed by atoms with Gasteiger partial charge in [-0.1, -0.05) is 57.0 Å². The number of aryl methyl sites for hydroxylation is 1. The molecule has 0 atom stereocenters. The van der Waals surface area contributed by atoms with Crippen molar-refractivity contribution in [3.63, 3.8) is 0 Å². The monoisotopic (exact) mass is 491 g/mol. The predicted octanol–water partition coefficient (Wildman–Crippen LogP) is 7.34. The highest BCUT2D eigenvalue weighted by molar-refractivity contribution is 9.10. The van der Waals surface area contributed by atoms with Gasteiger partial charge in [-0.15, -0.1) is 17.0 Å². The maximum Gasteiger partial charge on any atom is 0.0559 e. The quantitative estimate of drug-likeness (QED) is 0.409. The molecule has 0 aromatic heterocycles. The van der Waals surface area contributed by atoms with Crippen LogP contribution in [0, 0.1) is 0 Å². The Morgan fingerprint density at radius 2 is 1.81 bits per heavy atom. The first-order valence-electron chi connectivity index (χ1n) is 6.74. The first-order chi connectivity index (χ1) is 9.67. The number of anilines is 2. The Balaban J connectivity index is 0.00000161. The van der Waals surface area contributed by atoms with Crippen molar-refractivity contribution in [2.24, 2.45) is 0 Å². The topological polar surface area (TPSA) is 12.0 Å². The summed E-state index contributed by atoms with van der Waals surface area (Å²) in [6.45, 7) is 2.24. The van der Waals surface area contributed by atoms with Crippen molar-refractivity contribution >= 4 is 72.0 Å². The third-order valence-electron chi connectivity index (χ3n) is 3.37. The second-order valence-electron chi connectivity index (χ2n) is 4.91. The zero-order valence-electron chi connectivity index (χ0n) is 11.6. The van der Waals surface area contributed by atoms with Gasteiger partial charge in [-0.3, -0.25) is 0 Å². The van der Waals surface area contributed by atoms with Crippen molar-refractivity contribution < 1.29 is 0 Å². The number of fused-ring (bicyclic) bond motifs is 2. The molecule has 1 aliphatic rings. The first-order valence-corrected chi connectivity index (χ1v) is 9.14. The standard InChI is InChI=1S/C16H15Br2NS.BrH/c1-2-3-4-10-7-12(18)9-15-16(10)19-13-6-5-11(17)8-14(13)20-15;/h5-9,19H,2-4H2,1H3;1H. The predicted molar refractivity (Wildman–Crippen MR) is 105 cm³/mol. The molecule has 1 nitrogen and oxygen atoms in total. The minimum absolute atomic E-state index is 0. The van der Waals surface area contributed by atoms with Crippen LogP contribution in [0.4, 0.5) is 11.4 Å². The summed E-state index contributed by atoms with van der Waals surface area (Å²) in [5.74, 6) is 0. The smallest absolute Gasteiger partial charge is 0.0559 e. The summed E-state index contributed by atoms with van der Waals surface area (Å²) < 4.78 is 2.28. The van der Waals surface area contributed by atoms with Gasteiger partial charge in [0, 0.05) is 18.7 Å². The van der Waals surface area contributed by atoms with Gasteiger partial charge in [0.05, 0.1) is 11.4 Å². The van der Waals surface area contributed by atoms with E-state index in [1.54, 1.807) is 0 Å². The summed E-state index contributed by atoms with van der Waals surface area (Å²) in [7, 11) is 0. The molecule has 2 aromatic rings. The molecule has 5 heteroatoms. The van der Waals surface area contributed by atoms with Crippen LogP contribution in [0.3, 0.4) is 0 Å². The Morgan fingerprint density at radius 3 is 2.57 bits per heavy atom. The van der Waals surface area contributed by atoms with Crippen molar-refractivity contribution in [3.8, 4) is 0 Å². The lowest BCUT2D eigenvalue weighted by atomic mass is 10.1. The van der Waals surface area contributed by atoms with Gasteiger partial charge in [-0.25, -0.2) is 0 Å². The molecule has 1 N–H and O–H groups in total. The van der Waals surface area contributed by atoms with E-state index in [1.807, 2.05) is 11.8 Å². The molecule has 0 fully saturated rings. The second kappa shape index (κ2) is 7.53. The van der Waals surface area contributed by atoms with E-state index in [1.165, 1.54) is 39.6 Å². The normalized spacial score (nSPS) is 12.0. The molecule has 2 aromatic carbocycles. The number of nitrogens with one attached hydrogen (secondary N) is 1. The lowest BCUT2D eigenvalue weighted by molar-refractivity contribution is 0.794. The van der Waals surface area contributed by atoms with Crippen LogP contribution in [0.2, 0.25) is 0 Å². The average Bonchev–Trinajstić information content (AvgIpc) is 2.42. The van der Waals surface area contributed by atoms with Gasteiger partial charge in [0.25, 0.3) is 0 Å². The van der Waals surface area contributed by atoms with Crippen LogP contribution in [0.25, 0.3) is 0 Å². The van der Waals surface area contributed by atoms with E-state index in [2.05, 4.69) is 74.4 Å². The Bertz CT molecular complexity index is 658. The Labute approximate surface area is 157 Å². The number of rotatable bonds is 3. The fourth-order valence-electron chi connectivity index (χ4n) is 2.36. The zero-order valence-corrected chi connectivity index (χ0v) is 17.3. The highest BCUT2D eigenvalue weighted by Gasteiger charge is 2.19. The van der Waals surface area contributed by atoms with Crippen molar-refractivity contribution in [1.82, 2.24) is 0 Å². The minimum atomic E-state index is 0. The Hall–Kier alpha value is 0.0300. The van der Waals surface area contributed by atoms with Crippen LogP contribution in [-0.4, -0.2) is 0 Å². The summed E-state index contributed by atoms with van der Waals surface area (Å²) in [5, 5.41) is 3.61. The summed E-state index contributed by atoms with van der Waals surface area (Å²) in [4.78, 5) is 2.57. The van der Waals surface area contributed by atoms with Crippen LogP contribution in [-0.2, 0) is 6.42 Å². The minimum Gasteiger partial charge on any atom is -0.353 e. The van der Waals surface area contributed by atoms with Crippen LogP contribution < -0.4 is 5.32 Å². The summed E-state index contributed by atoms with van der Waals surface area (Å²) in [5.41, 5.74) is 3.88. The van der Waals surface area contributed by atoms with E-state index in [-0.39, 0.29) is 17.0 Å². The molecule has 0 spiro atoms. The molecule has 0 saturated heterocycles. The van der Waals surface area contributed by atoms with Crippen LogP contribution in [0.5, 0.6) is 0 Å². The van der Waals surface area contributed by atoms with Crippen molar-refractivity contribution in [3.05, 3.63) is 44.8 Å². The summed E-state index contributed by atoms with van der Waals surface area (Å²) in [6.07, 6.45) is 3.57. The molecule has 0 amide bonds. The van der Waals surface area contributed by atoms with Gasteiger partial charge < -0.3 is 5.32 Å². The molecule has 0 unspecified atom stereocenters. The first kappa shape index (κ1) is 17.4. The highest BCUT2D eigenvalue weighted by Crippen LogP contribution is 2.47. The van der Waals surface area contributed by atoms with E-state index in [0.29, 0.717) is 0 Å². The third kappa shape index (κ3) is 3.87. The lowest BCUT2D eigenvalue weighted by Crippen LogP contribution is -2.04. The van der Waals surface area contributed by atoms with Crippen LogP contribution in [0.15, 0.2) is 49.1 Å². The summed E-state index contributed by atoms with van der Waals surface area (Å²) in [6, 6.07) is 10.8. The molecule has 112 valence electrons. The fraction of sp³-hybridized carbons (Fsp3) is 0.250. The van der Waals surface area contributed by atoms with E-state index < -0.39 is 0 Å². The fourth-order valence-corrected chi connectivity index (χ4v) is 4.65.